The Morgan fingerprint density at radius 3 is 3.06 bits per heavy atom. The van der Waals surface area contributed by atoms with Crippen LogP contribution in [-0.4, -0.2) is 40.8 Å². The Labute approximate surface area is 105 Å². The average Bonchev–Trinajstić information content (AvgIpc) is 2.81. The van der Waals surface area contributed by atoms with E-state index in [1.54, 1.807) is 6.20 Å². The van der Waals surface area contributed by atoms with Crippen molar-refractivity contribution in [1.82, 2.24) is 9.97 Å². The minimum atomic E-state index is -0.498. The largest absolute Gasteiger partial charge is 0.464 e. The lowest BCUT2D eigenvalue weighted by Crippen LogP contribution is -2.15. The van der Waals surface area contributed by atoms with Crippen molar-refractivity contribution in [3.05, 3.63) is 18.1 Å². The molecule has 0 saturated heterocycles. The molecule has 0 amide bonds. The quantitative estimate of drug-likeness (QED) is 0.771. The van der Waals surface area contributed by atoms with E-state index in [4.69, 9.17) is 0 Å². The molecule has 0 aliphatic heterocycles. The molecule has 0 radical (unpaired) electrons. The van der Waals surface area contributed by atoms with Gasteiger partial charge in [-0.15, -0.1) is 0 Å². The summed E-state index contributed by atoms with van der Waals surface area (Å²) in [4.78, 5) is 19.3. The Morgan fingerprint density at radius 2 is 2.39 bits per heavy atom. The van der Waals surface area contributed by atoms with Gasteiger partial charge in [0.1, 0.15) is 5.82 Å². The molecule has 18 heavy (non-hydrogen) atoms. The van der Waals surface area contributed by atoms with E-state index in [0.29, 0.717) is 11.7 Å². The molecule has 0 bridgehead atoms. The van der Waals surface area contributed by atoms with Gasteiger partial charge in [0, 0.05) is 6.54 Å². The topological polar surface area (TPSA) is 84.3 Å². The molecule has 2 atom stereocenters. The number of hydrogen-bond acceptors (Lipinski definition) is 6. The first-order valence-electron chi connectivity index (χ1n) is 6.01. The Bertz CT molecular complexity index is 425. The van der Waals surface area contributed by atoms with E-state index in [-0.39, 0.29) is 11.8 Å². The lowest BCUT2D eigenvalue weighted by molar-refractivity contribution is 0.0593. The third-order valence-electron chi connectivity index (χ3n) is 3.11. The summed E-state index contributed by atoms with van der Waals surface area (Å²) in [6.45, 7) is 0.733. The van der Waals surface area contributed by atoms with Crippen molar-refractivity contribution in [2.24, 2.45) is 5.92 Å². The van der Waals surface area contributed by atoms with Crippen LogP contribution in [0.3, 0.4) is 0 Å². The molecule has 0 spiro atoms. The number of aliphatic hydroxyl groups is 1. The second kappa shape index (κ2) is 5.77. The highest BCUT2D eigenvalue weighted by Gasteiger charge is 2.22. The molecule has 2 unspecified atom stereocenters. The summed E-state index contributed by atoms with van der Waals surface area (Å²) in [6.07, 6.45) is 5.45. The zero-order chi connectivity index (χ0) is 13.0. The van der Waals surface area contributed by atoms with E-state index in [0.717, 1.165) is 25.8 Å². The Morgan fingerprint density at radius 1 is 1.56 bits per heavy atom. The lowest BCUT2D eigenvalue weighted by atomic mass is 10.1. The van der Waals surface area contributed by atoms with Gasteiger partial charge in [0.05, 0.1) is 25.6 Å². The summed E-state index contributed by atoms with van der Waals surface area (Å²) >= 11 is 0. The Kier molecular flexibility index (Phi) is 4.09. The molecule has 0 aromatic carbocycles. The van der Waals surface area contributed by atoms with Crippen molar-refractivity contribution in [3.63, 3.8) is 0 Å². The first kappa shape index (κ1) is 12.8. The van der Waals surface area contributed by atoms with E-state index in [9.17, 15) is 9.90 Å². The van der Waals surface area contributed by atoms with Crippen LogP contribution in [0.15, 0.2) is 12.4 Å². The zero-order valence-electron chi connectivity index (χ0n) is 10.3. The molecule has 1 aromatic rings. The summed E-state index contributed by atoms with van der Waals surface area (Å²) in [5.74, 6) is 0.505. The van der Waals surface area contributed by atoms with Crippen molar-refractivity contribution < 1.29 is 14.6 Å². The van der Waals surface area contributed by atoms with Crippen LogP contribution < -0.4 is 5.32 Å². The van der Waals surface area contributed by atoms with Crippen molar-refractivity contribution in [2.45, 2.75) is 25.4 Å². The fourth-order valence-electron chi connectivity index (χ4n) is 2.14. The second-order valence-electron chi connectivity index (χ2n) is 4.49. The molecule has 6 heteroatoms. The van der Waals surface area contributed by atoms with Crippen molar-refractivity contribution in [2.75, 3.05) is 19.0 Å². The zero-order valence-corrected chi connectivity index (χ0v) is 10.3. The Hall–Kier alpha value is -1.69. The number of ether oxygens (including phenoxy) is 1. The van der Waals surface area contributed by atoms with Crippen LogP contribution in [0.5, 0.6) is 0 Å². The number of carbonyl (C=O) groups excluding carboxylic acids is 1. The maximum absolute atomic E-state index is 11.3. The van der Waals surface area contributed by atoms with E-state index in [1.807, 2.05) is 0 Å². The molecule has 1 aliphatic carbocycles. The predicted octanol–water partition coefficient (Wildman–Crippen LogP) is 0.836. The average molecular weight is 251 g/mol. The maximum atomic E-state index is 11.3. The lowest BCUT2D eigenvalue weighted by Gasteiger charge is -2.11. The molecule has 1 aliphatic rings. The smallest absolute Gasteiger partial charge is 0.358 e. The van der Waals surface area contributed by atoms with Gasteiger partial charge in [-0.1, -0.05) is 0 Å². The van der Waals surface area contributed by atoms with Gasteiger partial charge in [0.15, 0.2) is 5.69 Å². The SMILES string of the molecule is COC(=O)c1cncc(NCC2CCC(O)C2)n1. The van der Waals surface area contributed by atoms with Gasteiger partial charge in [0.2, 0.25) is 0 Å². The van der Waals surface area contributed by atoms with Crippen LogP contribution in [0.2, 0.25) is 0 Å². The monoisotopic (exact) mass is 251 g/mol. The maximum Gasteiger partial charge on any atom is 0.358 e. The van der Waals surface area contributed by atoms with Crippen molar-refractivity contribution in [1.29, 1.82) is 0 Å². The first-order valence-corrected chi connectivity index (χ1v) is 6.01. The second-order valence-corrected chi connectivity index (χ2v) is 4.49. The van der Waals surface area contributed by atoms with Gasteiger partial charge in [-0.2, -0.15) is 0 Å². The number of nitrogens with zero attached hydrogens (tertiary/aromatic N) is 2. The first-order chi connectivity index (χ1) is 8.69. The summed E-state index contributed by atoms with van der Waals surface area (Å²) in [6, 6.07) is 0. The van der Waals surface area contributed by atoms with Gasteiger partial charge in [0.25, 0.3) is 0 Å². The molecule has 1 fully saturated rings. The number of esters is 1. The number of hydrogen-bond donors (Lipinski definition) is 2. The normalized spacial score (nSPS) is 22.8. The number of rotatable bonds is 4. The highest BCUT2D eigenvalue weighted by molar-refractivity contribution is 5.87. The van der Waals surface area contributed by atoms with Crippen LogP contribution in [0.4, 0.5) is 5.82 Å². The molecular formula is C12H17N3O3. The van der Waals surface area contributed by atoms with E-state index >= 15 is 0 Å². The van der Waals surface area contributed by atoms with Crippen LogP contribution in [0.1, 0.15) is 29.8 Å². The summed E-state index contributed by atoms with van der Waals surface area (Å²) in [5, 5.41) is 12.6. The predicted molar refractivity (Wildman–Crippen MR) is 65.2 cm³/mol. The van der Waals surface area contributed by atoms with Crippen LogP contribution >= 0.6 is 0 Å². The van der Waals surface area contributed by atoms with Crippen LogP contribution in [-0.2, 0) is 4.74 Å². The fourth-order valence-corrected chi connectivity index (χ4v) is 2.14. The fraction of sp³-hybridized carbons (Fsp3) is 0.583. The van der Waals surface area contributed by atoms with Crippen molar-refractivity contribution in [3.8, 4) is 0 Å². The summed E-state index contributed by atoms with van der Waals surface area (Å²) in [7, 11) is 1.31. The molecule has 2 rings (SSSR count). The van der Waals surface area contributed by atoms with Gasteiger partial charge in [-0.05, 0) is 25.2 Å². The number of anilines is 1. The molecule has 1 aromatic heterocycles. The summed E-state index contributed by atoms with van der Waals surface area (Å²) in [5.41, 5.74) is 0.189. The standard InChI is InChI=1S/C12H17N3O3/c1-18-12(17)10-6-13-7-11(15-10)14-5-8-2-3-9(16)4-8/h6-9,16H,2-5H2,1H3,(H,14,15). The van der Waals surface area contributed by atoms with E-state index in [2.05, 4.69) is 20.0 Å². The number of carbonyl (C=O) groups is 1. The van der Waals surface area contributed by atoms with Gasteiger partial charge < -0.3 is 15.2 Å². The van der Waals surface area contributed by atoms with E-state index < -0.39 is 5.97 Å². The van der Waals surface area contributed by atoms with E-state index in [1.165, 1.54) is 13.3 Å². The van der Waals surface area contributed by atoms with Crippen LogP contribution in [0, 0.1) is 5.92 Å². The number of aromatic nitrogens is 2. The molecular weight excluding hydrogens is 234 g/mol. The third kappa shape index (κ3) is 3.16. The molecule has 1 saturated carbocycles. The van der Waals surface area contributed by atoms with Crippen LogP contribution in [0.25, 0.3) is 0 Å². The minimum absolute atomic E-state index is 0.177. The number of methoxy groups -OCH3 is 1. The number of aliphatic hydroxyl groups excluding tert-OH is 1. The van der Waals surface area contributed by atoms with Crippen molar-refractivity contribution >= 4 is 11.8 Å². The number of nitrogens with one attached hydrogen (secondary N) is 1. The van der Waals surface area contributed by atoms with Gasteiger partial charge >= 0.3 is 5.97 Å². The Balaban J connectivity index is 1.91. The third-order valence-corrected chi connectivity index (χ3v) is 3.11. The molecule has 6 nitrogen and oxygen atoms in total. The van der Waals surface area contributed by atoms with Gasteiger partial charge in [-0.3, -0.25) is 4.98 Å². The molecule has 2 N–H and O–H groups in total. The molecule has 98 valence electrons. The molecule has 1 heterocycles. The minimum Gasteiger partial charge on any atom is -0.464 e. The summed E-state index contributed by atoms with van der Waals surface area (Å²) < 4.78 is 4.58. The highest BCUT2D eigenvalue weighted by atomic mass is 16.5. The highest BCUT2D eigenvalue weighted by Crippen LogP contribution is 2.25. The van der Waals surface area contributed by atoms with Gasteiger partial charge in [-0.25, -0.2) is 9.78 Å².